The van der Waals surface area contributed by atoms with Crippen LogP contribution in [0.15, 0.2) is 30.6 Å². The van der Waals surface area contributed by atoms with Crippen LogP contribution < -0.4 is 0 Å². The summed E-state index contributed by atoms with van der Waals surface area (Å²) in [6, 6.07) is 5.72. The van der Waals surface area contributed by atoms with Crippen LogP contribution in [0.2, 0.25) is 0 Å². The molecule has 1 rings (SSSR count). The standard InChI is InChI=1S/C5H5N.CH2O2.Mn/c1-2-4-6-5-3-1;2-1-3;/h1-5H;1H,(H,2,3);. The number of rotatable bonds is 0. The van der Waals surface area contributed by atoms with Gasteiger partial charge in [0.2, 0.25) is 0 Å². The Balaban J connectivity index is 0. The molecule has 0 bridgehead atoms. The summed E-state index contributed by atoms with van der Waals surface area (Å²) in [6.45, 7) is -0.250. The van der Waals surface area contributed by atoms with Crippen molar-refractivity contribution in [1.29, 1.82) is 0 Å². The summed E-state index contributed by atoms with van der Waals surface area (Å²) in [5.74, 6) is 0. The first kappa shape index (κ1) is 11.9. The van der Waals surface area contributed by atoms with Crippen molar-refractivity contribution < 1.29 is 27.0 Å². The average Bonchev–Trinajstić information content (AvgIpc) is 1.93. The molecule has 1 aromatic rings. The minimum absolute atomic E-state index is 0. The molecule has 0 amide bonds. The Hall–Kier alpha value is -0.861. The fourth-order valence-electron chi connectivity index (χ4n) is 0.313. The van der Waals surface area contributed by atoms with E-state index < -0.39 is 0 Å². The van der Waals surface area contributed by atoms with Crippen LogP contribution in [0, 0.1) is 0 Å². The topological polar surface area (TPSA) is 50.2 Å². The third-order valence-electron chi connectivity index (χ3n) is 0.566. The predicted octanol–water partition coefficient (Wildman–Crippen LogP) is 0.780. The van der Waals surface area contributed by atoms with E-state index in [1.165, 1.54) is 0 Å². The molecule has 0 spiro atoms. The van der Waals surface area contributed by atoms with E-state index in [-0.39, 0.29) is 23.5 Å². The van der Waals surface area contributed by atoms with Gasteiger partial charge < -0.3 is 5.11 Å². The third kappa shape index (κ3) is 10.2. The summed E-state index contributed by atoms with van der Waals surface area (Å²) in [5, 5.41) is 6.89. The zero-order valence-corrected chi connectivity index (χ0v) is 6.33. The van der Waals surface area contributed by atoms with Gasteiger partial charge >= 0.3 is 0 Å². The first-order valence-corrected chi connectivity index (χ1v) is 2.34. The molecule has 0 atom stereocenters. The van der Waals surface area contributed by atoms with Gasteiger partial charge in [0.1, 0.15) is 0 Å². The van der Waals surface area contributed by atoms with Crippen molar-refractivity contribution in [3.8, 4) is 0 Å². The Morgan fingerprint density at radius 1 is 1.20 bits per heavy atom. The van der Waals surface area contributed by atoms with Gasteiger partial charge in [-0.2, -0.15) is 0 Å². The third-order valence-corrected chi connectivity index (χ3v) is 0.566. The van der Waals surface area contributed by atoms with Crippen LogP contribution in [0.25, 0.3) is 0 Å². The number of nitrogens with zero attached hydrogens (tertiary/aromatic N) is 1. The molecule has 0 aliphatic heterocycles. The van der Waals surface area contributed by atoms with Crippen LogP contribution in [0.3, 0.4) is 0 Å². The molecule has 1 heterocycles. The van der Waals surface area contributed by atoms with E-state index in [4.69, 9.17) is 9.90 Å². The molecular weight excluding hydrogens is 173 g/mol. The van der Waals surface area contributed by atoms with Gasteiger partial charge in [-0.1, -0.05) is 6.07 Å². The molecule has 0 aliphatic carbocycles. The van der Waals surface area contributed by atoms with Gasteiger partial charge in [0, 0.05) is 29.5 Å². The van der Waals surface area contributed by atoms with Crippen LogP contribution in [0.5, 0.6) is 0 Å². The van der Waals surface area contributed by atoms with Crippen molar-refractivity contribution in [3.05, 3.63) is 30.6 Å². The molecule has 1 aromatic heterocycles. The smallest absolute Gasteiger partial charge is 0.290 e. The SMILES string of the molecule is O=CO.[Mn].c1ccncc1. The molecule has 0 saturated heterocycles. The van der Waals surface area contributed by atoms with E-state index in [2.05, 4.69) is 4.98 Å². The number of pyridine rings is 1. The van der Waals surface area contributed by atoms with E-state index in [1.807, 2.05) is 18.2 Å². The monoisotopic (exact) mass is 180 g/mol. The minimum atomic E-state index is -0.250. The second kappa shape index (κ2) is 11.0. The molecule has 4 heteroatoms. The molecular formula is C6H7MnNO2. The fraction of sp³-hybridized carbons (Fsp3) is 0. The number of carboxylic acid groups (broad SMARTS) is 1. The molecule has 1 N–H and O–H groups in total. The van der Waals surface area contributed by atoms with E-state index >= 15 is 0 Å². The summed E-state index contributed by atoms with van der Waals surface area (Å²) in [7, 11) is 0. The van der Waals surface area contributed by atoms with E-state index in [9.17, 15) is 0 Å². The maximum absolute atomic E-state index is 8.36. The van der Waals surface area contributed by atoms with Crippen LogP contribution in [-0.2, 0) is 21.9 Å². The van der Waals surface area contributed by atoms with Crippen molar-refractivity contribution in [2.45, 2.75) is 0 Å². The Labute approximate surface area is 69.6 Å². The largest absolute Gasteiger partial charge is 0.483 e. The van der Waals surface area contributed by atoms with Gasteiger partial charge in [0.05, 0.1) is 0 Å². The van der Waals surface area contributed by atoms with Gasteiger partial charge in [-0.15, -0.1) is 0 Å². The number of hydrogen-bond donors (Lipinski definition) is 1. The number of aromatic nitrogens is 1. The van der Waals surface area contributed by atoms with Crippen molar-refractivity contribution in [2.75, 3.05) is 0 Å². The van der Waals surface area contributed by atoms with Crippen LogP contribution in [0.4, 0.5) is 0 Å². The molecule has 0 aliphatic rings. The maximum Gasteiger partial charge on any atom is 0.290 e. The van der Waals surface area contributed by atoms with Gasteiger partial charge in [-0.05, 0) is 12.1 Å². The van der Waals surface area contributed by atoms with E-state index in [1.54, 1.807) is 12.4 Å². The first-order valence-electron chi connectivity index (χ1n) is 2.34. The second-order valence-corrected chi connectivity index (χ2v) is 1.13. The summed E-state index contributed by atoms with van der Waals surface area (Å²) >= 11 is 0. The maximum atomic E-state index is 8.36. The molecule has 1 radical (unpaired) electrons. The van der Waals surface area contributed by atoms with E-state index in [0.717, 1.165) is 0 Å². The fourth-order valence-corrected chi connectivity index (χ4v) is 0.313. The molecule has 55 valence electrons. The average molecular weight is 180 g/mol. The minimum Gasteiger partial charge on any atom is -0.483 e. The van der Waals surface area contributed by atoms with Crippen molar-refractivity contribution in [1.82, 2.24) is 4.98 Å². The molecule has 0 aromatic carbocycles. The van der Waals surface area contributed by atoms with Gasteiger partial charge in [-0.3, -0.25) is 9.78 Å². The Morgan fingerprint density at radius 3 is 1.70 bits per heavy atom. The zero-order valence-electron chi connectivity index (χ0n) is 5.14. The zero-order chi connectivity index (χ0) is 6.95. The quantitative estimate of drug-likeness (QED) is 0.474. The van der Waals surface area contributed by atoms with E-state index in [0.29, 0.717) is 0 Å². The predicted molar refractivity (Wildman–Crippen MR) is 32.9 cm³/mol. The van der Waals surface area contributed by atoms with Gasteiger partial charge in [-0.25, -0.2) is 0 Å². The Bertz CT molecular complexity index is 119. The van der Waals surface area contributed by atoms with Gasteiger partial charge in [0.25, 0.3) is 6.47 Å². The summed E-state index contributed by atoms with van der Waals surface area (Å²) in [5.41, 5.74) is 0. The first-order chi connectivity index (χ1) is 4.41. The van der Waals surface area contributed by atoms with Gasteiger partial charge in [0.15, 0.2) is 0 Å². The molecule has 0 fully saturated rings. The molecule has 0 unspecified atom stereocenters. The van der Waals surface area contributed by atoms with Crippen LogP contribution >= 0.6 is 0 Å². The molecule has 3 nitrogen and oxygen atoms in total. The van der Waals surface area contributed by atoms with Crippen molar-refractivity contribution >= 4 is 6.47 Å². The number of carbonyl (C=O) groups is 1. The molecule has 10 heavy (non-hydrogen) atoms. The van der Waals surface area contributed by atoms with Crippen molar-refractivity contribution in [3.63, 3.8) is 0 Å². The molecule has 0 saturated carbocycles. The summed E-state index contributed by atoms with van der Waals surface area (Å²) in [6.07, 6.45) is 3.50. The van der Waals surface area contributed by atoms with Crippen LogP contribution in [0.1, 0.15) is 0 Å². The van der Waals surface area contributed by atoms with Crippen LogP contribution in [-0.4, -0.2) is 16.6 Å². The number of hydrogen-bond acceptors (Lipinski definition) is 2. The normalized spacial score (nSPS) is 6.00. The Kier molecular flexibility index (Phi) is 13.1. The Morgan fingerprint density at radius 2 is 1.60 bits per heavy atom. The summed E-state index contributed by atoms with van der Waals surface area (Å²) in [4.78, 5) is 12.1. The summed E-state index contributed by atoms with van der Waals surface area (Å²) < 4.78 is 0. The van der Waals surface area contributed by atoms with Crippen molar-refractivity contribution in [2.24, 2.45) is 0 Å². The second-order valence-electron chi connectivity index (χ2n) is 1.13.